The Morgan fingerprint density at radius 3 is 2.65 bits per heavy atom. The average molecular weight is 229 g/mol. The molecule has 1 amide bonds. The van der Waals surface area contributed by atoms with Crippen LogP contribution < -0.4 is 4.90 Å². The molecule has 2 heteroatoms. The highest BCUT2D eigenvalue weighted by Gasteiger charge is 2.22. The van der Waals surface area contributed by atoms with E-state index in [-0.39, 0.29) is 11.3 Å². The second kappa shape index (κ2) is 4.17. The van der Waals surface area contributed by atoms with Crippen molar-refractivity contribution in [2.45, 2.75) is 39.5 Å². The summed E-state index contributed by atoms with van der Waals surface area (Å²) in [6.07, 6.45) is 4.19. The fourth-order valence-corrected chi connectivity index (χ4v) is 2.13. The maximum Gasteiger partial charge on any atom is 0.223 e. The molecule has 2 nitrogen and oxygen atoms in total. The summed E-state index contributed by atoms with van der Waals surface area (Å²) in [6, 6.07) is 6.32. The first-order valence-electron chi connectivity index (χ1n) is 6.06. The van der Waals surface area contributed by atoms with Gasteiger partial charge >= 0.3 is 0 Å². The number of anilines is 1. The lowest BCUT2D eigenvalue weighted by molar-refractivity contribution is -0.116. The molecule has 0 saturated heterocycles. The highest BCUT2D eigenvalue weighted by Crippen LogP contribution is 2.32. The standard InChI is InChI=1S/C15H19NO/c1-11(17)16-9-5-6-12-10-13(15(2,3)4)7-8-14(12)16/h7-8,10H,5,9H2,1-4H3. The normalized spacial score (nSPS) is 15.6. The molecule has 1 aromatic carbocycles. The molecule has 0 aliphatic carbocycles. The van der Waals surface area contributed by atoms with Crippen molar-refractivity contribution < 1.29 is 4.79 Å². The van der Waals surface area contributed by atoms with Gasteiger partial charge in [0, 0.05) is 25.6 Å². The molecule has 2 radical (unpaired) electrons. The summed E-state index contributed by atoms with van der Waals surface area (Å²) in [5.41, 5.74) is 3.49. The Balaban J connectivity index is 2.43. The van der Waals surface area contributed by atoms with Gasteiger partial charge in [-0.25, -0.2) is 0 Å². The van der Waals surface area contributed by atoms with Crippen LogP contribution in [0.4, 0.5) is 5.69 Å². The highest BCUT2D eigenvalue weighted by atomic mass is 16.2. The zero-order valence-corrected chi connectivity index (χ0v) is 11.0. The molecular formula is C15H19NO. The van der Waals surface area contributed by atoms with E-state index in [0.29, 0.717) is 0 Å². The zero-order valence-electron chi connectivity index (χ0n) is 11.0. The lowest BCUT2D eigenvalue weighted by Gasteiger charge is -2.30. The summed E-state index contributed by atoms with van der Waals surface area (Å²) in [6.45, 7) is 8.95. The van der Waals surface area contributed by atoms with Gasteiger partial charge in [-0.3, -0.25) is 4.79 Å². The van der Waals surface area contributed by atoms with E-state index >= 15 is 0 Å². The lowest BCUT2D eigenvalue weighted by atomic mass is 9.84. The third kappa shape index (κ3) is 2.36. The number of carbonyl (C=O) groups excluding carboxylic acids is 1. The summed E-state index contributed by atoms with van der Waals surface area (Å²) in [5, 5.41) is 0. The van der Waals surface area contributed by atoms with Gasteiger partial charge in [0.2, 0.25) is 5.91 Å². The molecule has 0 bridgehead atoms. The largest absolute Gasteiger partial charge is 0.312 e. The van der Waals surface area contributed by atoms with Crippen molar-refractivity contribution in [3.63, 3.8) is 0 Å². The van der Waals surface area contributed by atoms with Crippen LogP contribution in [0.2, 0.25) is 0 Å². The van der Waals surface area contributed by atoms with Crippen molar-refractivity contribution in [2.24, 2.45) is 0 Å². The molecule has 1 aliphatic rings. The Hall–Kier alpha value is -1.31. The van der Waals surface area contributed by atoms with Crippen LogP contribution in [-0.4, -0.2) is 12.5 Å². The van der Waals surface area contributed by atoms with Gasteiger partial charge in [-0.05, 0) is 29.0 Å². The summed E-state index contributed by atoms with van der Waals surface area (Å²) in [4.78, 5) is 13.4. The number of hydrogen-bond acceptors (Lipinski definition) is 1. The number of carbonyl (C=O) groups is 1. The SMILES string of the molecule is CC(=O)N1CC[C]c2cc(C(C)(C)C)ccc21. The number of rotatable bonds is 0. The van der Waals surface area contributed by atoms with Crippen LogP contribution in [0.15, 0.2) is 18.2 Å². The molecular weight excluding hydrogens is 210 g/mol. The molecule has 2 rings (SSSR count). The van der Waals surface area contributed by atoms with E-state index in [1.807, 2.05) is 11.0 Å². The fraction of sp³-hybridized carbons (Fsp3) is 0.467. The van der Waals surface area contributed by atoms with Crippen molar-refractivity contribution in [3.8, 4) is 0 Å². The van der Waals surface area contributed by atoms with Gasteiger partial charge in [0.25, 0.3) is 0 Å². The fourth-order valence-electron chi connectivity index (χ4n) is 2.13. The first-order chi connectivity index (χ1) is 7.89. The van der Waals surface area contributed by atoms with E-state index in [9.17, 15) is 4.79 Å². The highest BCUT2D eigenvalue weighted by molar-refractivity contribution is 5.93. The minimum absolute atomic E-state index is 0.108. The van der Waals surface area contributed by atoms with Crippen molar-refractivity contribution >= 4 is 11.6 Å². The third-order valence-electron chi connectivity index (χ3n) is 3.18. The van der Waals surface area contributed by atoms with E-state index in [2.05, 4.69) is 39.3 Å². The van der Waals surface area contributed by atoms with E-state index < -0.39 is 0 Å². The number of nitrogens with zero attached hydrogens (tertiary/aromatic N) is 1. The van der Waals surface area contributed by atoms with E-state index in [1.54, 1.807) is 6.92 Å². The van der Waals surface area contributed by atoms with Gasteiger partial charge in [-0.15, -0.1) is 0 Å². The van der Waals surface area contributed by atoms with Gasteiger partial charge in [0.1, 0.15) is 0 Å². The number of hydrogen-bond donors (Lipinski definition) is 0. The van der Waals surface area contributed by atoms with Crippen LogP contribution >= 0.6 is 0 Å². The summed E-state index contributed by atoms with van der Waals surface area (Å²) in [7, 11) is 0. The van der Waals surface area contributed by atoms with Crippen molar-refractivity contribution in [1.29, 1.82) is 0 Å². The molecule has 0 spiro atoms. The van der Waals surface area contributed by atoms with E-state index in [1.165, 1.54) is 5.56 Å². The van der Waals surface area contributed by atoms with Crippen LogP contribution in [0.3, 0.4) is 0 Å². The summed E-state index contributed by atoms with van der Waals surface area (Å²) < 4.78 is 0. The van der Waals surface area contributed by atoms with Gasteiger partial charge in [-0.2, -0.15) is 0 Å². The van der Waals surface area contributed by atoms with Gasteiger partial charge in [-0.1, -0.05) is 32.9 Å². The Morgan fingerprint density at radius 2 is 2.06 bits per heavy atom. The maximum absolute atomic E-state index is 11.5. The Morgan fingerprint density at radius 1 is 1.35 bits per heavy atom. The number of amides is 1. The van der Waals surface area contributed by atoms with Crippen LogP contribution in [0, 0.1) is 6.42 Å². The first-order valence-corrected chi connectivity index (χ1v) is 6.06. The molecule has 0 fully saturated rings. The summed E-state index contributed by atoms with van der Waals surface area (Å²) in [5.74, 6) is 0.108. The van der Waals surface area contributed by atoms with E-state index in [0.717, 1.165) is 24.2 Å². The molecule has 17 heavy (non-hydrogen) atoms. The molecule has 0 saturated carbocycles. The minimum atomic E-state index is 0.108. The molecule has 1 heterocycles. The second-order valence-electron chi connectivity index (χ2n) is 5.58. The predicted molar refractivity (Wildman–Crippen MR) is 70.1 cm³/mol. The molecule has 0 atom stereocenters. The second-order valence-corrected chi connectivity index (χ2v) is 5.58. The predicted octanol–water partition coefficient (Wildman–Crippen LogP) is 3.17. The van der Waals surface area contributed by atoms with Crippen molar-refractivity contribution in [1.82, 2.24) is 0 Å². The molecule has 0 aromatic heterocycles. The molecule has 0 N–H and O–H groups in total. The third-order valence-corrected chi connectivity index (χ3v) is 3.18. The van der Waals surface area contributed by atoms with Gasteiger partial charge < -0.3 is 4.90 Å². The summed E-state index contributed by atoms with van der Waals surface area (Å²) >= 11 is 0. The van der Waals surface area contributed by atoms with Crippen molar-refractivity contribution in [3.05, 3.63) is 35.7 Å². The monoisotopic (exact) mass is 229 g/mol. The zero-order chi connectivity index (χ0) is 12.6. The molecule has 1 aliphatic heterocycles. The van der Waals surface area contributed by atoms with Gasteiger partial charge in [0.15, 0.2) is 0 Å². The van der Waals surface area contributed by atoms with Crippen LogP contribution in [0.5, 0.6) is 0 Å². The Bertz CT molecular complexity index is 443. The van der Waals surface area contributed by atoms with Crippen LogP contribution in [0.1, 0.15) is 45.2 Å². The first kappa shape index (κ1) is 12.2. The topological polar surface area (TPSA) is 20.3 Å². The molecule has 1 aromatic rings. The smallest absolute Gasteiger partial charge is 0.223 e. The van der Waals surface area contributed by atoms with Crippen molar-refractivity contribution in [2.75, 3.05) is 11.4 Å². The van der Waals surface area contributed by atoms with Crippen LogP contribution in [-0.2, 0) is 10.2 Å². The van der Waals surface area contributed by atoms with Gasteiger partial charge in [0.05, 0.1) is 0 Å². The average Bonchev–Trinajstić information content (AvgIpc) is 2.26. The Kier molecular flexibility index (Phi) is 2.98. The maximum atomic E-state index is 11.5. The molecule has 90 valence electrons. The Labute approximate surface area is 104 Å². The lowest BCUT2D eigenvalue weighted by Crippen LogP contribution is -2.33. The molecule has 0 unspecified atom stereocenters. The number of benzene rings is 1. The number of fused-ring (bicyclic) bond motifs is 1. The minimum Gasteiger partial charge on any atom is -0.312 e. The van der Waals surface area contributed by atoms with Crippen LogP contribution in [0.25, 0.3) is 0 Å². The quantitative estimate of drug-likeness (QED) is 0.669. The van der Waals surface area contributed by atoms with E-state index in [4.69, 9.17) is 0 Å².